The third kappa shape index (κ3) is 5.39. The molecule has 0 saturated carbocycles. The average Bonchev–Trinajstić information content (AvgIpc) is 3.32. The number of nitrogens with one attached hydrogen (secondary N) is 1. The number of carbonyl (C=O) groups is 1. The Kier molecular flexibility index (Phi) is 7.41. The van der Waals surface area contributed by atoms with Crippen molar-refractivity contribution in [2.75, 3.05) is 30.3 Å². The summed E-state index contributed by atoms with van der Waals surface area (Å²) in [6.45, 7) is 4.83. The van der Waals surface area contributed by atoms with Gasteiger partial charge in [0.2, 0.25) is 11.9 Å². The van der Waals surface area contributed by atoms with E-state index >= 15 is 0 Å². The summed E-state index contributed by atoms with van der Waals surface area (Å²) in [6.07, 6.45) is 5.61. The number of unbranched alkanes of at least 4 members (excludes halogenated alkanes) is 2. The second kappa shape index (κ2) is 9.99. The van der Waals surface area contributed by atoms with Crippen molar-refractivity contribution in [2.24, 2.45) is 0 Å². The summed E-state index contributed by atoms with van der Waals surface area (Å²) in [7, 11) is 0. The van der Waals surface area contributed by atoms with Gasteiger partial charge >= 0.3 is 0 Å². The van der Waals surface area contributed by atoms with Gasteiger partial charge < -0.3 is 10.2 Å². The van der Waals surface area contributed by atoms with Gasteiger partial charge in [-0.2, -0.15) is 0 Å². The van der Waals surface area contributed by atoms with Gasteiger partial charge in [-0.1, -0.05) is 49.2 Å². The van der Waals surface area contributed by atoms with E-state index in [4.69, 9.17) is 11.6 Å². The number of rotatable bonds is 9. The molecule has 1 aromatic heterocycles. The van der Waals surface area contributed by atoms with Gasteiger partial charge in [0.1, 0.15) is 0 Å². The fourth-order valence-corrected chi connectivity index (χ4v) is 4.06. The van der Waals surface area contributed by atoms with Crippen LogP contribution < -0.4 is 10.2 Å². The Bertz CT molecular complexity index is 760. The molecule has 8 heteroatoms. The lowest BCUT2D eigenvalue weighted by molar-refractivity contribution is -0.118. The van der Waals surface area contributed by atoms with Gasteiger partial charge in [0, 0.05) is 24.7 Å². The lowest BCUT2D eigenvalue weighted by Crippen LogP contribution is -2.26. The third-order valence-electron chi connectivity index (χ3n) is 4.51. The van der Waals surface area contributed by atoms with Crippen molar-refractivity contribution in [1.29, 1.82) is 0 Å². The zero-order valence-corrected chi connectivity index (χ0v) is 17.2. The molecule has 0 unspecified atom stereocenters. The van der Waals surface area contributed by atoms with E-state index in [-0.39, 0.29) is 5.91 Å². The molecule has 6 nitrogen and oxygen atoms in total. The van der Waals surface area contributed by atoms with E-state index in [1.165, 1.54) is 11.8 Å². The van der Waals surface area contributed by atoms with Crippen molar-refractivity contribution in [2.45, 2.75) is 44.2 Å². The monoisotopic (exact) mass is 407 g/mol. The number of halogens is 1. The zero-order valence-electron chi connectivity index (χ0n) is 15.7. The molecule has 3 rings (SSSR count). The molecule has 2 aromatic rings. The minimum atomic E-state index is 0.0273. The SMILES string of the molecule is CCCCCNC(=O)CSc1nnc(N2CCCC2)n1-c1cccc(Cl)c1. The molecule has 0 atom stereocenters. The molecule has 0 radical (unpaired) electrons. The molecule has 1 aliphatic heterocycles. The molecule has 0 spiro atoms. The number of hydrogen-bond acceptors (Lipinski definition) is 5. The summed E-state index contributed by atoms with van der Waals surface area (Å²) in [6, 6.07) is 7.66. The van der Waals surface area contributed by atoms with Crippen molar-refractivity contribution < 1.29 is 4.79 Å². The molecular weight excluding hydrogens is 382 g/mol. The smallest absolute Gasteiger partial charge is 0.232 e. The molecule has 146 valence electrons. The number of aromatic nitrogens is 3. The van der Waals surface area contributed by atoms with E-state index in [0.717, 1.165) is 63.4 Å². The Hall–Kier alpha value is -1.73. The third-order valence-corrected chi connectivity index (χ3v) is 5.67. The summed E-state index contributed by atoms with van der Waals surface area (Å²) in [5.41, 5.74) is 0.917. The van der Waals surface area contributed by atoms with Crippen LogP contribution in [0.15, 0.2) is 29.4 Å². The van der Waals surface area contributed by atoms with Crippen LogP contribution in [0.3, 0.4) is 0 Å². The average molecular weight is 408 g/mol. The minimum absolute atomic E-state index is 0.0273. The van der Waals surface area contributed by atoms with E-state index in [0.29, 0.717) is 15.9 Å². The number of nitrogens with zero attached hydrogens (tertiary/aromatic N) is 4. The van der Waals surface area contributed by atoms with E-state index in [1.54, 1.807) is 0 Å². The highest BCUT2D eigenvalue weighted by Crippen LogP contribution is 2.29. The second-order valence-corrected chi connectivity index (χ2v) is 8.02. The quantitative estimate of drug-likeness (QED) is 0.504. The highest BCUT2D eigenvalue weighted by Gasteiger charge is 2.23. The molecule has 27 heavy (non-hydrogen) atoms. The first-order chi connectivity index (χ1) is 13.2. The van der Waals surface area contributed by atoms with Crippen LogP contribution in [0, 0.1) is 0 Å². The van der Waals surface area contributed by atoms with Crippen molar-refractivity contribution in [3.63, 3.8) is 0 Å². The minimum Gasteiger partial charge on any atom is -0.355 e. The summed E-state index contributed by atoms with van der Waals surface area (Å²) in [5.74, 6) is 1.17. The van der Waals surface area contributed by atoms with E-state index < -0.39 is 0 Å². The van der Waals surface area contributed by atoms with Crippen LogP contribution in [0.1, 0.15) is 39.0 Å². The maximum absolute atomic E-state index is 12.1. The van der Waals surface area contributed by atoms with Crippen LogP contribution in [0.4, 0.5) is 5.95 Å². The van der Waals surface area contributed by atoms with Crippen LogP contribution in [0.25, 0.3) is 5.69 Å². The Morgan fingerprint density at radius 1 is 1.26 bits per heavy atom. The Morgan fingerprint density at radius 2 is 2.07 bits per heavy atom. The number of amides is 1. The summed E-state index contributed by atoms with van der Waals surface area (Å²) in [4.78, 5) is 14.4. The predicted octanol–water partition coefficient (Wildman–Crippen LogP) is 3.92. The molecule has 2 heterocycles. The largest absolute Gasteiger partial charge is 0.355 e. The van der Waals surface area contributed by atoms with Gasteiger partial charge in [0.15, 0.2) is 5.16 Å². The first-order valence-corrected chi connectivity index (χ1v) is 10.9. The fraction of sp³-hybridized carbons (Fsp3) is 0.526. The number of hydrogen-bond donors (Lipinski definition) is 1. The molecule has 1 aliphatic rings. The number of carbonyl (C=O) groups excluding carboxylic acids is 1. The van der Waals surface area contributed by atoms with Gasteiger partial charge in [-0.05, 0) is 37.5 Å². The van der Waals surface area contributed by atoms with Gasteiger partial charge in [0.05, 0.1) is 11.4 Å². The first-order valence-electron chi connectivity index (χ1n) is 9.55. The van der Waals surface area contributed by atoms with E-state index in [1.807, 2.05) is 28.8 Å². The van der Waals surface area contributed by atoms with Crippen LogP contribution in [-0.2, 0) is 4.79 Å². The Morgan fingerprint density at radius 3 is 2.81 bits per heavy atom. The molecule has 1 N–H and O–H groups in total. The Balaban J connectivity index is 1.74. The summed E-state index contributed by atoms with van der Waals surface area (Å²) >= 11 is 7.60. The normalized spacial score (nSPS) is 13.9. The fourth-order valence-electron chi connectivity index (χ4n) is 3.10. The van der Waals surface area contributed by atoms with Gasteiger partial charge in [0.25, 0.3) is 0 Å². The molecule has 1 amide bonds. The van der Waals surface area contributed by atoms with Gasteiger partial charge in [-0.15, -0.1) is 10.2 Å². The van der Waals surface area contributed by atoms with Crippen molar-refractivity contribution in [1.82, 2.24) is 20.1 Å². The zero-order chi connectivity index (χ0) is 19.1. The maximum Gasteiger partial charge on any atom is 0.232 e. The lowest BCUT2D eigenvalue weighted by Gasteiger charge is -2.18. The second-order valence-electron chi connectivity index (χ2n) is 6.64. The highest BCUT2D eigenvalue weighted by molar-refractivity contribution is 7.99. The van der Waals surface area contributed by atoms with Crippen LogP contribution in [0.5, 0.6) is 0 Å². The summed E-state index contributed by atoms with van der Waals surface area (Å²) in [5, 5.41) is 13.1. The van der Waals surface area contributed by atoms with Gasteiger partial charge in [-0.3, -0.25) is 9.36 Å². The van der Waals surface area contributed by atoms with Crippen molar-refractivity contribution >= 4 is 35.2 Å². The number of benzene rings is 1. The molecular formula is C19H26ClN5OS. The first kappa shape index (κ1) is 20.0. The van der Waals surface area contributed by atoms with Crippen LogP contribution >= 0.6 is 23.4 Å². The topological polar surface area (TPSA) is 63.1 Å². The predicted molar refractivity (Wildman–Crippen MR) is 111 cm³/mol. The van der Waals surface area contributed by atoms with Gasteiger partial charge in [-0.25, -0.2) is 0 Å². The van der Waals surface area contributed by atoms with Crippen molar-refractivity contribution in [3.8, 4) is 5.69 Å². The highest BCUT2D eigenvalue weighted by atomic mass is 35.5. The molecule has 0 aliphatic carbocycles. The standard InChI is InChI=1S/C19H26ClN5OS/c1-2-3-4-10-21-17(26)14-27-19-23-22-18(24-11-5-6-12-24)25(19)16-9-7-8-15(20)13-16/h7-9,13H,2-6,10-12,14H2,1H3,(H,21,26). The van der Waals surface area contributed by atoms with E-state index in [2.05, 4.69) is 27.3 Å². The molecule has 1 fully saturated rings. The summed E-state index contributed by atoms with van der Waals surface area (Å²) < 4.78 is 2.01. The maximum atomic E-state index is 12.1. The number of anilines is 1. The van der Waals surface area contributed by atoms with E-state index in [9.17, 15) is 4.79 Å². The van der Waals surface area contributed by atoms with Crippen LogP contribution in [-0.4, -0.2) is 46.1 Å². The molecule has 0 bridgehead atoms. The number of thioether (sulfide) groups is 1. The Labute approximate surface area is 169 Å². The van der Waals surface area contributed by atoms with Crippen LogP contribution in [0.2, 0.25) is 5.02 Å². The van der Waals surface area contributed by atoms with Crippen molar-refractivity contribution in [3.05, 3.63) is 29.3 Å². The molecule has 1 saturated heterocycles. The lowest BCUT2D eigenvalue weighted by atomic mass is 10.2. The molecule has 1 aromatic carbocycles.